The van der Waals surface area contributed by atoms with Crippen LogP contribution in [-0.4, -0.2) is 14.7 Å². The van der Waals surface area contributed by atoms with Gasteiger partial charge in [0.1, 0.15) is 11.6 Å². The topological polar surface area (TPSA) is 38.0 Å². The van der Waals surface area contributed by atoms with Crippen molar-refractivity contribution in [2.24, 2.45) is 7.05 Å². The third-order valence-corrected chi connectivity index (χ3v) is 2.55. The van der Waals surface area contributed by atoms with Gasteiger partial charge in [-0.15, -0.1) is 0 Å². The van der Waals surface area contributed by atoms with Crippen molar-refractivity contribution in [1.29, 1.82) is 0 Å². The molecular weight excluding hydrogens is 207 g/mol. The van der Waals surface area contributed by atoms with Crippen LogP contribution in [0.3, 0.4) is 0 Å². The predicted molar refractivity (Wildman–Crippen MR) is 58.3 cm³/mol. The molecule has 0 spiro atoms. The average Bonchev–Trinajstić information content (AvgIpc) is 2.65. The van der Waals surface area contributed by atoms with Gasteiger partial charge in [-0.2, -0.15) is 0 Å². The molecule has 2 rings (SSSR count). The van der Waals surface area contributed by atoms with Gasteiger partial charge in [-0.3, -0.25) is 0 Å². The summed E-state index contributed by atoms with van der Waals surface area (Å²) in [6.07, 6.45) is 3.29. The lowest BCUT2D eigenvalue weighted by molar-refractivity contribution is 0.175. The lowest BCUT2D eigenvalue weighted by Crippen LogP contribution is -2.06. The second kappa shape index (κ2) is 4.45. The van der Waals surface area contributed by atoms with E-state index in [9.17, 15) is 9.50 Å². The number of benzene rings is 1. The number of nitrogens with zero attached hydrogens (tertiary/aromatic N) is 2. The highest BCUT2D eigenvalue weighted by atomic mass is 19.1. The number of aromatic nitrogens is 2. The summed E-state index contributed by atoms with van der Waals surface area (Å²) >= 11 is 0. The second-order valence-electron chi connectivity index (χ2n) is 3.73. The van der Waals surface area contributed by atoms with Crippen LogP contribution in [0.5, 0.6) is 0 Å². The molecule has 0 radical (unpaired) electrons. The van der Waals surface area contributed by atoms with E-state index in [1.165, 1.54) is 12.1 Å². The Kier molecular flexibility index (Phi) is 3.01. The molecule has 1 atom stereocenters. The molecule has 1 aromatic heterocycles. The lowest BCUT2D eigenvalue weighted by Gasteiger charge is -2.10. The summed E-state index contributed by atoms with van der Waals surface area (Å²) in [5.74, 6) is 0.504. The lowest BCUT2D eigenvalue weighted by atomic mass is 10.1. The van der Waals surface area contributed by atoms with Crippen LogP contribution in [0.1, 0.15) is 17.5 Å². The number of imidazole rings is 1. The van der Waals surface area contributed by atoms with Gasteiger partial charge in [-0.25, -0.2) is 9.37 Å². The number of aryl methyl sites for hydroxylation is 1. The summed E-state index contributed by atoms with van der Waals surface area (Å²) < 4.78 is 14.5. The van der Waals surface area contributed by atoms with Crippen LogP contribution in [0.4, 0.5) is 4.39 Å². The third kappa shape index (κ3) is 2.28. The smallest absolute Gasteiger partial charge is 0.123 e. The van der Waals surface area contributed by atoms with Gasteiger partial charge in [0, 0.05) is 25.9 Å². The fourth-order valence-electron chi connectivity index (χ4n) is 1.57. The van der Waals surface area contributed by atoms with Gasteiger partial charge in [0.2, 0.25) is 0 Å². The van der Waals surface area contributed by atoms with Gasteiger partial charge < -0.3 is 9.67 Å². The average molecular weight is 220 g/mol. The molecular formula is C12H13FN2O. The molecule has 0 bridgehead atoms. The molecule has 16 heavy (non-hydrogen) atoms. The molecule has 4 heteroatoms. The van der Waals surface area contributed by atoms with Gasteiger partial charge in [0.15, 0.2) is 0 Å². The summed E-state index contributed by atoms with van der Waals surface area (Å²) in [7, 11) is 1.87. The first-order chi connectivity index (χ1) is 7.66. The Morgan fingerprint density at radius 2 is 2.06 bits per heavy atom. The highest BCUT2D eigenvalue weighted by Crippen LogP contribution is 2.17. The Morgan fingerprint density at radius 1 is 1.38 bits per heavy atom. The Hall–Kier alpha value is -1.68. The quantitative estimate of drug-likeness (QED) is 0.857. The van der Waals surface area contributed by atoms with Crippen LogP contribution >= 0.6 is 0 Å². The Labute approximate surface area is 93.2 Å². The number of halogens is 1. The first-order valence-electron chi connectivity index (χ1n) is 5.06. The maximum absolute atomic E-state index is 12.7. The van der Waals surface area contributed by atoms with E-state index in [1.807, 2.05) is 17.8 Å². The van der Waals surface area contributed by atoms with E-state index in [0.717, 1.165) is 5.82 Å². The van der Waals surface area contributed by atoms with Crippen molar-refractivity contribution in [3.8, 4) is 0 Å². The van der Waals surface area contributed by atoms with Gasteiger partial charge >= 0.3 is 0 Å². The van der Waals surface area contributed by atoms with Crippen LogP contribution in [-0.2, 0) is 13.5 Å². The Balaban J connectivity index is 2.11. The largest absolute Gasteiger partial charge is 0.388 e. The van der Waals surface area contributed by atoms with Crippen molar-refractivity contribution in [3.05, 3.63) is 53.9 Å². The minimum Gasteiger partial charge on any atom is -0.388 e. The van der Waals surface area contributed by atoms with Crippen molar-refractivity contribution < 1.29 is 9.50 Å². The number of aliphatic hydroxyl groups is 1. The molecule has 0 fully saturated rings. The monoisotopic (exact) mass is 220 g/mol. The summed E-state index contributed by atoms with van der Waals surface area (Å²) in [6.45, 7) is 0. The standard InChI is InChI=1S/C12H13FN2O/c1-15-7-6-14-12(15)8-11(16)9-2-4-10(13)5-3-9/h2-7,11,16H,8H2,1H3. The maximum Gasteiger partial charge on any atom is 0.123 e. The number of hydrogen-bond acceptors (Lipinski definition) is 2. The van der Waals surface area contributed by atoms with Gasteiger partial charge in [-0.1, -0.05) is 12.1 Å². The number of hydrogen-bond donors (Lipinski definition) is 1. The van der Waals surface area contributed by atoms with E-state index in [2.05, 4.69) is 4.98 Å². The molecule has 0 amide bonds. The molecule has 3 nitrogen and oxygen atoms in total. The fraction of sp³-hybridized carbons (Fsp3) is 0.250. The highest BCUT2D eigenvalue weighted by Gasteiger charge is 2.11. The van der Waals surface area contributed by atoms with Gasteiger partial charge in [0.25, 0.3) is 0 Å². The molecule has 84 valence electrons. The molecule has 1 N–H and O–H groups in total. The van der Waals surface area contributed by atoms with Crippen molar-refractivity contribution in [3.63, 3.8) is 0 Å². The van der Waals surface area contributed by atoms with Crippen molar-refractivity contribution >= 4 is 0 Å². The zero-order valence-corrected chi connectivity index (χ0v) is 8.97. The van der Waals surface area contributed by atoms with E-state index < -0.39 is 6.10 Å². The summed E-state index contributed by atoms with van der Waals surface area (Å²) in [4.78, 5) is 4.13. The molecule has 0 aliphatic rings. The molecule has 0 aliphatic carbocycles. The van der Waals surface area contributed by atoms with Gasteiger partial charge in [-0.05, 0) is 17.7 Å². The Bertz CT molecular complexity index is 464. The molecule has 0 saturated heterocycles. The normalized spacial score (nSPS) is 12.7. The minimum atomic E-state index is -0.651. The molecule has 1 unspecified atom stereocenters. The first kappa shape index (κ1) is 10.8. The van der Waals surface area contributed by atoms with Gasteiger partial charge in [0.05, 0.1) is 6.10 Å². The van der Waals surface area contributed by atoms with Crippen LogP contribution in [0.15, 0.2) is 36.7 Å². The maximum atomic E-state index is 12.7. The van der Waals surface area contributed by atoms with Crippen molar-refractivity contribution in [2.75, 3.05) is 0 Å². The minimum absolute atomic E-state index is 0.298. The first-order valence-corrected chi connectivity index (χ1v) is 5.06. The van der Waals surface area contributed by atoms with Crippen LogP contribution in [0.2, 0.25) is 0 Å². The van der Waals surface area contributed by atoms with E-state index in [-0.39, 0.29) is 5.82 Å². The molecule has 0 saturated carbocycles. The third-order valence-electron chi connectivity index (χ3n) is 2.55. The van der Waals surface area contributed by atoms with Crippen LogP contribution in [0, 0.1) is 5.82 Å². The Morgan fingerprint density at radius 3 is 2.62 bits per heavy atom. The summed E-state index contributed by atoms with van der Waals surface area (Å²) in [6, 6.07) is 5.86. The predicted octanol–water partition coefficient (Wildman–Crippen LogP) is 1.84. The molecule has 2 aromatic rings. The van der Waals surface area contributed by atoms with Crippen molar-refractivity contribution in [1.82, 2.24) is 9.55 Å². The summed E-state index contributed by atoms with van der Waals surface area (Å²) in [5, 5.41) is 9.93. The van der Waals surface area contributed by atoms with E-state index in [4.69, 9.17) is 0 Å². The van der Waals surface area contributed by atoms with E-state index in [0.29, 0.717) is 12.0 Å². The van der Waals surface area contributed by atoms with Crippen LogP contribution in [0.25, 0.3) is 0 Å². The van der Waals surface area contributed by atoms with E-state index >= 15 is 0 Å². The molecule has 1 aromatic carbocycles. The number of rotatable bonds is 3. The second-order valence-corrected chi connectivity index (χ2v) is 3.73. The zero-order valence-electron chi connectivity index (χ0n) is 8.97. The zero-order chi connectivity index (χ0) is 11.5. The van der Waals surface area contributed by atoms with Crippen molar-refractivity contribution in [2.45, 2.75) is 12.5 Å². The van der Waals surface area contributed by atoms with E-state index in [1.54, 1.807) is 18.3 Å². The van der Waals surface area contributed by atoms with Crippen LogP contribution < -0.4 is 0 Å². The SMILES string of the molecule is Cn1ccnc1CC(O)c1ccc(F)cc1. The highest BCUT2D eigenvalue weighted by molar-refractivity contribution is 5.19. The molecule has 1 heterocycles. The fourth-order valence-corrected chi connectivity index (χ4v) is 1.57. The number of aliphatic hydroxyl groups excluding tert-OH is 1. The summed E-state index contributed by atoms with van der Waals surface area (Å²) in [5.41, 5.74) is 0.699. The molecule has 0 aliphatic heterocycles.